The zero-order valence-electron chi connectivity index (χ0n) is 19.9. The second-order valence-corrected chi connectivity index (χ2v) is 8.76. The van der Waals surface area contributed by atoms with E-state index in [0.29, 0.717) is 23.5 Å². The number of carbonyl (C=O) groups excluding carboxylic acids is 1. The van der Waals surface area contributed by atoms with Gasteiger partial charge in [0.2, 0.25) is 11.7 Å². The summed E-state index contributed by atoms with van der Waals surface area (Å²) in [6.45, 7) is 3.55. The molecule has 196 valence electrons. The molecular weight excluding hydrogens is 493 g/mol. The average Bonchev–Trinajstić information content (AvgIpc) is 3.46. The Bertz CT molecular complexity index is 1250. The lowest BCUT2D eigenvalue weighted by Crippen LogP contribution is -2.31. The van der Waals surface area contributed by atoms with Crippen molar-refractivity contribution in [2.75, 3.05) is 25.5 Å². The molecule has 37 heavy (non-hydrogen) atoms. The van der Waals surface area contributed by atoms with Crippen LogP contribution in [0.5, 0.6) is 5.88 Å². The number of alkyl halides is 3. The summed E-state index contributed by atoms with van der Waals surface area (Å²) < 4.78 is 39.1. The molecule has 3 aromatic rings. The first kappa shape index (κ1) is 26.1. The number of hydrogen-bond acceptors (Lipinski definition) is 7. The highest BCUT2D eigenvalue weighted by molar-refractivity contribution is 6.01. The van der Waals surface area contributed by atoms with Crippen LogP contribution in [0.1, 0.15) is 22.0 Å². The number of likely N-dealkylation sites (tertiary alicyclic amines) is 1. The summed E-state index contributed by atoms with van der Waals surface area (Å²) in [5.41, 5.74) is 1.85. The molecule has 1 saturated heterocycles. The van der Waals surface area contributed by atoms with Crippen LogP contribution in [0.25, 0.3) is 0 Å². The van der Waals surface area contributed by atoms with E-state index in [0.717, 1.165) is 49.7 Å². The molecular formula is C24H25F3N6O4. The number of ether oxygens (including phenoxy) is 1. The van der Waals surface area contributed by atoms with Crippen molar-refractivity contribution in [3.05, 3.63) is 65.9 Å². The number of nitrogens with zero attached hydrogens (tertiary/aromatic N) is 5. The monoisotopic (exact) mass is 518 g/mol. The van der Waals surface area contributed by atoms with E-state index in [-0.39, 0.29) is 5.91 Å². The molecule has 5 rings (SSSR count). The minimum Gasteiger partial charge on any atom is -0.481 e. The van der Waals surface area contributed by atoms with Gasteiger partial charge in [0.1, 0.15) is 5.82 Å². The van der Waals surface area contributed by atoms with Gasteiger partial charge < -0.3 is 19.7 Å². The molecule has 10 nitrogen and oxygen atoms in total. The number of carboxylic acid groups (broad SMARTS) is 1. The van der Waals surface area contributed by atoms with E-state index in [1.54, 1.807) is 13.3 Å². The standard InChI is InChI=1S/C22H24N6O2.C2HF3O2/c1-30-22-15(6-5-9-23-22)11-27-12-16-10-19-25-26-20(28(19)14-17(16)13-27)21(29)24-18-7-3-2-4-8-18;3-2(4,5)1(6)7/h2-9,16-17H,10-14H2,1H3,(H,24,29);(H,6,7). The molecule has 1 aromatic carbocycles. The Labute approximate surface area is 210 Å². The Hall–Kier alpha value is -4.00. The van der Waals surface area contributed by atoms with E-state index in [1.807, 2.05) is 41.0 Å². The largest absolute Gasteiger partial charge is 0.490 e. The number of anilines is 1. The number of methoxy groups -OCH3 is 1. The summed E-state index contributed by atoms with van der Waals surface area (Å²) in [5.74, 6) is -0.00554. The molecule has 1 fully saturated rings. The molecule has 0 saturated carbocycles. The fourth-order valence-electron chi connectivity index (χ4n) is 4.60. The number of pyridine rings is 1. The van der Waals surface area contributed by atoms with Crippen LogP contribution in [0.2, 0.25) is 0 Å². The molecule has 2 atom stereocenters. The number of rotatable bonds is 5. The van der Waals surface area contributed by atoms with Crippen LogP contribution in [0, 0.1) is 11.8 Å². The van der Waals surface area contributed by atoms with Crippen LogP contribution in [0.3, 0.4) is 0 Å². The summed E-state index contributed by atoms with van der Waals surface area (Å²) >= 11 is 0. The third kappa shape index (κ3) is 6.23. The highest BCUT2D eigenvalue weighted by Crippen LogP contribution is 2.34. The molecule has 0 spiro atoms. The number of para-hydroxylation sites is 1. The maximum atomic E-state index is 12.7. The van der Waals surface area contributed by atoms with Crippen LogP contribution < -0.4 is 10.1 Å². The Morgan fingerprint density at radius 3 is 2.46 bits per heavy atom. The third-order valence-corrected chi connectivity index (χ3v) is 6.26. The molecule has 2 N–H and O–H groups in total. The molecule has 4 heterocycles. The minimum absolute atomic E-state index is 0.214. The number of hydrogen-bond donors (Lipinski definition) is 2. The quantitative estimate of drug-likeness (QED) is 0.529. The van der Waals surface area contributed by atoms with Crippen molar-refractivity contribution in [2.45, 2.75) is 25.7 Å². The highest BCUT2D eigenvalue weighted by Gasteiger charge is 2.39. The molecule has 2 aliphatic heterocycles. The van der Waals surface area contributed by atoms with Crippen LogP contribution >= 0.6 is 0 Å². The van der Waals surface area contributed by atoms with Crippen molar-refractivity contribution in [1.82, 2.24) is 24.6 Å². The Balaban J connectivity index is 0.000000405. The SMILES string of the molecule is COc1ncccc1CN1CC2Cc3nnc(C(=O)Nc4ccccc4)n3CC2C1.O=C(O)C(F)(F)F. The predicted octanol–water partition coefficient (Wildman–Crippen LogP) is 2.87. The number of aromatic nitrogens is 4. The Kier molecular flexibility index (Phi) is 7.71. The molecule has 0 aliphatic carbocycles. The number of carboxylic acids is 1. The molecule has 0 bridgehead atoms. The zero-order valence-corrected chi connectivity index (χ0v) is 19.9. The fourth-order valence-corrected chi connectivity index (χ4v) is 4.60. The van der Waals surface area contributed by atoms with E-state index < -0.39 is 12.1 Å². The highest BCUT2D eigenvalue weighted by atomic mass is 19.4. The van der Waals surface area contributed by atoms with Gasteiger partial charge in [0.25, 0.3) is 5.91 Å². The molecule has 2 unspecified atom stereocenters. The molecule has 2 aliphatic rings. The van der Waals surface area contributed by atoms with Gasteiger partial charge in [0.15, 0.2) is 0 Å². The smallest absolute Gasteiger partial charge is 0.481 e. The van der Waals surface area contributed by atoms with Crippen LogP contribution in [0.4, 0.5) is 18.9 Å². The summed E-state index contributed by atoms with van der Waals surface area (Å²) in [6.07, 6.45) is -2.49. The van der Waals surface area contributed by atoms with E-state index in [1.165, 1.54) is 0 Å². The van der Waals surface area contributed by atoms with Crippen LogP contribution in [0.15, 0.2) is 48.7 Å². The van der Waals surface area contributed by atoms with Gasteiger partial charge in [0.05, 0.1) is 7.11 Å². The van der Waals surface area contributed by atoms with Crippen molar-refractivity contribution < 1.29 is 32.6 Å². The average molecular weight is 518 g/mol. The number of halogens is 3. The van der Waals surface area contributed by atoms with Gasteiger partial charge in [0, 0.05) is 50.0 Å². The first-order valence-electron chi connectivity index (χ1n) is 11.4. The summed E-state index contributed by atoms with van der Waals surface area (Å²) in [6, 6.07) is 13.4. The topological polar surface area (TPSA) is 122 Å². The second kappa shape index (κ2) is 10.9. The van der Waals surface area contributed by atoms with Crippen molar-refractivity contribution in [3.63, 3.8) is 0 Å². The Morgan fingerprint density at radius 1 is 1.08 bits per heavy atom. The van der Waals surface area contributed by atoms with Crippen molar-refractivity contribution in [1.29, 1.82) is 0 Å². The molecule has 2 aromatic heterocycles. The van der Waals surface area contributed by atoms with E-state index in [2.05, 4.69) is 31.5 Å². The van der Waals surface area contributed by atoms with E-state index >= 15 is 0 Å². The number of fused-ring (bicyclic) bond motifs is 2. The van der Waals surface area contributed by atoms with Crippen molar-refractivity contribution in [3.8, 4) is 5.88 Å². The lowest BCUT2D eigenvalue weighted by Gasteiger charge is -2.25. The zero-order chi connectivity index (χ0) is 26.6. The first-order valence-corrected chi connectivity index (χ1v) is 11.4. The maximum Gasteiger partial charge on any atom is 0.490 e. The molecule has 13 heteroatoms. The normalized spacial score (nSPS) is 18.7. The lowest BCUT2D eigenvalue weighted by atomic mass is 9.89. The summed E-state index contributed by atoms with van der Waals surface area (Å²) in [5, 5.41) is 18.6. The van der Waals surface area contributed by atoms with Crippen molar-refractivity contribution in [2.24, 2.45) is 11.8 Å². The van der Waals surface area contributed by atoms with E-state index in [9.17, 15) is 18.0 Å². The van der Waals surface area contributed by atoms with Gasteiger partial charge in [-0.05, 0) is 30.0 Å². The first-order chi connectivity index (χ1) is 17.7. The van der Waals surface area contributed by atoms with Gasteiger partial charge in [-0.3, -0.25) is 9.69 Å². The van der Waals surface area contributed by atoms with Gasteiger partial charge in [-0.2, -0.15) is 13.2 Å². The number of carbonyl (C=O) groups is 2. The Morgan fingerprint density at radius 2 is 1.78 bits per heavy atom. The van der Waals surface area contributed by atoms with Gasteiger partial charge >= 0.3 is 12.1 Å². The number of aliphatic carboxylic acids is 1. The van der Waals surface area contributed by atoms with E-state index in [4.69, 9.17) is 14.6 Å². The second-order valence-electron chi connectivity index (χ2n) is 8.76. The number of benzene rings is 1. The predicted molar refractivity (Wildman–Crippen MR) is 125 cm³/mol. The third-order valence-electron chi connectivity index (χ3n) is 6.26. The molecule has 1 amide bonds. The summed E-state index contributed by atoms with van der Waals surface area (Å²) in [7, 11) is 1.66. The van der Waals surface area contributed by atoms with Gasteiger partial charge in [-0.1, -0.05) is 24.3 Å². The lowest BCUT2D eigenvalue weighted by molar-refractivity contribution is -0.192. The molecule has 0 radical (unpaired) electrons. The van der Waals surface area contributed by atoms with Crippen molar-refractivity contribution >= 4 is 17.6 Å². The maximum absolute atomic E-state index is 12.7. The van der Waals surface area contributed by atoms with Crippen LogP contribution in [-0.4, -0.2) is 68.0 Å². The minimum atomic E-state index is -5.08. The number of amides is 1. The number of nitrogens with one attached hydrogen (secondary N) is 1. The van der Waals surface area contributed by atoms with Gasteiger partial charge in [-0.15, -0.1) is 10.2 Å². The fraction of sp³-hybridized carbons (Fsp3) is 0.375. The van der Waals surface area contributed by atoms with Gasteiger partial charge in [-0.25, -0.2) is 9.78 Å². The summed E-state index contributed by atoms with van der Waals surface area (Å²) in [4.78, 5) is 28.4. The van der Waals surface area contributed by atoms with Crippen LogP contribution in [-0.2, 0) is 24.3 Å².